The first-order valence-corrected chi connectivity index (χ1v) is 3.16. The van der Waals surface area contributed by atoms with Gasteiger partial charge in [0.15, 0.2) is 0 Å². The molecule has 0 amide bonds. The van der Waals surface area contributed by atoms with E-state index in [0.717, 1.165) is 0 Å². The van der Waals surface area contributed by atoms with E-state index in [1.807, 2.05) is 0 Å². The smallest absolute Gasteiger partial charge is 0.0232 e. The molecule has 0 aromatic rings. The Labute approximate surface area is 51.0 Å². The van der Waals surface area contributed by atoms with Gasteiger partial charge in [-0.15, -0.1) is 0 Å². The van der Waals surface area contributed by atoms with Crippen LogP contribution in [0, 0.1) is 0 Å². The second-order valence-electron chi connectivity index (χ2n) is 2.60. The van der Waals surface area contributed by atoms with E-state index in [0.29, 0.717) is 6.04 Å². The summed E-state index contributed by atoms with van der Waals surface area (Å²) in [5.41, 5.74) is 1.31. The summed E-state index contributed by atoms with van der Waals surface area (Å²) in [6.07, 6.45) is 1.21. The Hall–Kier alpha value is -0.460. The lowest BCUT2D eigenvalue weighted by molar-refractivity contribution is 0.208. The third kappa shape index (κ3) is 0.726. The lowest BCUT2D eigenvalue weighted by Gasteiger charge is -2.39. The zero-order valence-electron chi connectivity index (χ0n) is 5.65. The SMILES string of the molecule is C=C1CCN1C(C)C. The van der Waals surface area contributed by atoms with Crippen LogP contribution in [-0.2, 0) is 0 Å². The van der Waals surface area contributed by atoms with Gasteiger partial charge in [0.2, 0.25) is 0 Å². The zero-order chi connectivity index (χ0) is 6.15. The normalized spacial score (nSPS) is 19.4. The lowest BCUT2D eigenvalue weighted by atomic mass is 10.1. The summed E-state index contributed by atoms with van der Waals surface area (Å²) in [5.74, 6) is 0. The van der Waals surface area contributed by atoms with E-state index in [1.165, 1.54) is 18.7 Å². The van der Waals surface area contributed by atoms with Gasteiger partial charge in [-0.2, -0.15) is 0 Å². The summed E-state index contributed by atoms with van der Waals surface area (Å²) in [4.78, 5) is 2.32. The molecule has 0 bridgehead atoms. The summed E-state index contributed by atoms with van der Waals surface area (Å²) < 4.78 is 0. The third-order valence-corrected chi connectivity index (χ3v) is 1.67. The number of hydrogen-bond acceptors (Lipinski definition) is 1. The monoisotopic (exact) mass is 111 g/mol. The second kappa shape index (κ2) is 1.81. The maximum Gasteiger partial charge on any atom is 0.0232 e. The molecule has 0 aromatic heterocycles. The van der Waals surface area contributed by atoms with Crippen LogP contribution < -0.4 is 0 Å². The van der Waals surface area contributed by atoms with Gasteiger partial charge in [-0.1, -0.05) is 6.58 Å². The standard InChI is InChI=1S/C7H13N/c1-6(2)8-5-4-7(8)3/h6H,3-5H2,1-2H3. The van der Waals surface area contributed by atoms with Crippen molar-refractivity contribution in [2.75, 3.05) is 6.54 Å². The molecule has 0 spiro atoms. The van der Waals surface area contributed by atoms with E-state index < -0.39 is 0 Å². The van der Waals surface area contributed by atoms with Gasteiger partial charge in [-0.25, -0.2) is 0 Å². The minimum Gasteiger partial charge on any atom is -0.372 e. The van der Waals surface area contributed by atoms with Crippen LogP contribution in [0.25, 0.3) is 0 Å². The van der Waals surface area contributed by atoms with Crippen molar-refractivity contribution in [3.8, 4) is 0 Å². The molecule has 46 valence electrons. The number of rotatable bonds is 1. The molecule has 1 nitrogen and oxygen atoms in total. The molecule has 0 atom stereocenters. The summed E-state index contributed by atoms with van der Waals surface area (Å²) in [6.45, 7) is 9.51. The van der Waals surface area contributed by atoms with E-state index in [9.17, 15) is 0 Å². The summed E-state index contributed by atoms with van der Waals surface area (Å²) >= 11 is 0. The van der Waals surface area contributed by atoms with Gasteiger partial charge in [0.05, 0.1) is 0 Å². The Kier molecular flexibility index (Phi) is 1.28. The second-order valence-corrected chi connectivity index (χ2v) is 2.60. The molecule has 0 saturated carbocycles. The minimum atomic E-state index is 0.663. The zero-order valence-corrected chi connectivity index (χ0v) is 5.65. The Morgan fingerprint density at radius 3 is 2.25 bits per heavy atom. The van der Waals surface area contributed by atoms with Crippen molar-refractivity contribution < 1.29 is 0 Å². The molecule has 0 unspecified atom stereocenters. The van der Waals surface area contributed by atoms with E-state index >= 15 is 0 Å². The quantitative estimate of drug-likeness (QED) is 0.497. The van der Waals surface area contributed by atoms with Crippen molar-refractivity contribution in [2.24, 2.45) is 0 Å². The topological polar surface area (TPSA) is 3.24 Å². The Balaban J connectivity index is 2.37. The fraction of sp³-hybridized carbons (Fsp3) is 0.714. The van der Waals surface area contributed by atoms with Crippen molar-refractivity contribution in [1.29, 1.82) is 0 Å². The Morgan fingerprint density at radius 2 is 2.25 bits per heavy atom. The van der Waals surface area contributed by atoms with Crippen molar-refractivity contribution in [3.63, 3.8) is 0 Å². The van der Waals surface area contributed by atoms with Crippen molar-refractivity contribution >= 4 is 0 Å². The average molecular weight is 111 g/mol. The molecule has 0 radical (unpaired) electrons. The predicted octanol–water partition coefficient (Wildman–Crippen LogP) is 1.61. The van der Waals surface area contributed by atoms with E-state index in [2.05, 4.69) is 25.3 Å². The molecule has 1 fully saturated rings. The van der Waals surface area contributed by atoms with Gasteiger partial charge in [0.1, 0.15) is 0 Å². The Morgan fingerprint density at radius 1 is 1.62 bits per heavy atom. The molecule has 1 rings (SSSR count). The summed E-state index contributed by atoms with van der Waals surface area (Å²) in [5, 5.41) is 0. The highest BCUT2D eigenvalue weighted by atomic mass is 15.2. The molecule has 0 aliphatic carbocycles. The summed E-state index contributed by atoms with van der Waals surface area (Å²) in [6, 6.07) is 0.663. The molecule has 1 heteroatoms. The van der Waals surface area contributed by atoms with Crippen LogP contribution in [0.15, 0.2) is 12.3 Å². The van der Waals surface area contributed by atoms with Gasteiger partial charge in [0.25, 0.3) is 0 Å². The maximum atomic E-state index is 3.89. The maximum absolute atomic E-state index is 3.89. The van der Waals surface area contributed by atoms with Gasteiger partial charge < -0.3 is 4.90 Å². The van der Waals surface area contributed by atoms with Crippen LogP contribution in [0.2, 0.25) is 0 Å². The van der Waals surface area contributed by atoms with Crippen LogP contribution in [0.3, 0.4) is 0 Å². The van der Waals surface area contributed by atoms with Gasteiger partial charge in [0, 0.05) is 24.7 Å². The number of likely N-dealkylation sites (tertiary alicyclic amines) is 1. The summed E-state index contributed by atoms with van der Waals surface area (Å²) in [7, 11) is 0. The van der Waals surface area contributed by atoms with Crippen LogP contribution in [0.5, 0.6) is 0 Å². The molecule has 1 aliphatic heterocycles. The van der Waals surface area contributed by atoms with Crippen LogP contribution >= 0.6 is 0 Å². The highest BCUT2D eigenvalue weighted by Gasteiger charge is 2.19. The Bertz CT molecular complexity index is 105. The largest absolute Gasteiger partial charge is 0.372 e. The van der Waals surface area contributed by atoms with Crippen molar-refractivity contribution in [2.45, 2.75) is 26.3 Å². The first-order valence-electron chi connectivity index (χ1n) is 3.16. The van der Waals surface area contributed by atoms with E-state index in [1.54, 1.807) is 0 Å². The van der Waals surface area contributed by atoms with E-state index in [4.69, 9.17) is 0 Å². The molecule has 0 N–H and O–H groups in total. The number of nitrogens with zero attached hydrogens (tertiary/aromatic N) is 1. The van der Waals surface area contributed by atoms with Crippen LogP contribution in [0.1, 0.15) is 20.3 Å². The van der Waals surface area contributed by atoms with Gasteiger partial charge >= 0.3 is 0 Å². The molecule has 1 saturated heterocycles. The molecular weight excluding hydrogens is 98.1 g/mol. The first kappa shape index (κ1) is 5.67. The highest BCUT2D eigenvalue weighted by molar-refractivity contribution is 5.04. The molecular formula is C7H13N. The van der Waals surface area contributed by atoms with Crippen LogP contribution in [-0.4, -0.2) is 17.5 Å². The van der Waals surface area contributed by atoms with E-state index in [-0.39, 0.29) is 0 Å². The number of hydrogen-bond donors (Lipinski definition) is 0. The van der Waals surface area contributed by atoms with Crippen molar-refractivity contribution in [3.05, 3.63) is 12.3 Å². The van der Waals surface area contributed by atoms with Crippen molar-refractivity contribution in [1.82, 2.24) is 4.90 Å². The third-order valence-electron chi connectivity index (χ3n) is 1.67. The highest BCUT2D eigenvalue weighted by Crippen LogP contribution is 2.21. The predicted molar refractivity (Wildman–Crippen MR) is 35.6 cm³/mol. The van der Waals surface area contributed by atoms with Gasteiger partial charge in [-0.05, 0) is 13.8 Å². The molecule has 0 aromatic carbocycles. The molecule has 1 aliphatic rings. The first-order chi connectivity index (χ1) is 3.72. The fourth-order valence-corrected chi connectivity index (χ4v) is 1.02. The minimum absolute atomic E-state index is 0.663. The van der Waals surface area contributed by atoms with Crippen LogP contribution in [0.4, 0.5) is 0 Å². The molecule has 1 heterocycles. The molecule has 8 heavy (non-hydrogen) atoms. The van der Waals surface area contributed by atoms with Gasteiger partial charge in [-0.3, -0.25) is 0 Å². The lowest BCUT2D eigenvalue weighted by Crippen LogP contribution is -2.39. The fourth-order valence-electron chi connectivity index (χ4n) is 1.02. The average Bonchev–Trinajstić information content (AvgIpc) is 1.61.